The summed E-state index contributed by atoms with van der Waals surface area (Å²) in [5.74, 6) is -1.05. The van der Waals surface area contributed by atoms with Gasteiger partial charge in [-0.3, -0.25) is 9.78 Å². The second kappa shape index (κ2) is 9.64. The third-order valence-corrected chi connectivity index (χ3v) is 5.42. The fraction of sp³-hybridized carbons (Fsp3) is 0.545. The summed E-state index contributed by atoms with van der Waals surface area (Å²) in [6.07, 6.45) is 1.03. The van der Waals surface area contributed by atoms with E-state index in [0.29, 0.717) is 48.5 Å². The van der Waals surface area contributed by atoms with Gasteiger partial charge in [-0.15, -0.1) is 0 Å². The molecule has 0 aromatic carbocycles. The number of nitrogens with one attached hydrogen (secondary N) is 1. The molecule has 3 heterocycles. The Morgan fingerprint density at radius 2 is 2.06 bits per heavy atom. The molecule has 3 rings (SSSR count). The highest BCUT2D eigenvalue weighted by Gasteiger charge is 2.36. The number of nitrogens with zero attached hydrogens (tertiary/aromatic N) is 3. The minimum atomic E-state index is -0.608. The molecule has 0 radical (unpaired) electrons. The number of fused-ring (bicyclic) bond motifs is 1. The molecule has 1 aliphatic heterocycles. The number of likely N-dealkylation sites (tertiary alicyclic amines) is 1. The molecule has 1 aliphatic rings. The molecular formula is C22H30FN5O4. The lowest BCUT2D eigenvalue weighted by molar-refractivity contribution is -0.122. The first-order chi connectivity index (χ1) is 15.1. The van der Waals surface area contributed by atoms with Crippen molar-refractivity contribution >= 4 is 23.0 Å². The Kier molecular flexibility index (Phi) is 7.12. The summed E-state index contributed by atoms with van der Waals surface area (Å²) in [5.41, 5.74) is 6.47. The lowest BCUT2D eigenvalue weighted by Crippen LogP contribution is -2.39. The summed E-state index contributed by atoms with van der Waals surface area (Å²) in [6, 6.07) is 3.42. The van der Waals surface area contributed by atoms with Crippen molar-refractivity contribution in [2.75, 3.05) is 33.3 Å². The number of methoxy groups -OCH3 is 1. The number of carbonyl (C=O) groups is 2. The molecule has 1 fully saturated rings. The van der Waals surface area contributed by atoms with Crippen LogP contribution in [0.2, 0.25) is 0 Å². The molecular weight excluding hydrogens is 417 g/mol. The maximum Gasteiger partial charge on any atom is 0.407 e. The minimum Gasteiger partial charge on any atom is -0.481 e. The topological polar surface area (TPSA) is 120 Å². The van der Waals surface area contributed by atoms with Crippen molar-refractivity contribution in [3.05, 3.63) is 29.7 Å². The van der Waals surface area contributed by atoms with E-state index >= 15 is 0 Å². The monoisotopic (exact) mass is 447 g/mol. The van der Waals surface area contributed by atoms with Gasteiger partial charge in [0.05, 0.1) is 30.3 Å². The van der Waals surface area contributed by atoms with Gasteiger partial charge in [0.25, 0.3) is 0 Å². The van der Waals surface area contributed by atoms with Crippen LogP contribution >= 0.6 is 0 Å². The lowest BCUT2D eigenvalue weighted by atomic mass is 9.95. The summed E-state index contributed by atoms with van der Waals surface area (Å²) in [7, 11) is 1.50. The Labute approximate surface area is 186 Å². The molecule has 2 amide bonds. The lowest BCUT2D eigenvalue weighted by Gasteiger charge is -2.21. The number of alkyl carbamates (subject to hydrolysis) is 1. The minimum absolute atomic E-state index is 0.155. The van der Waals surface area contributed by atoms with Crippen LogP contribution in [0.25, 0.3) is 11.0 Å². The van der Waals surface area contributed by atoms with Crippen LogP contribution in [0, 0.1) is 17.7 Å². The summed E-state index contributed by atoms with van der Waals surface area (Å²) >= 11 is 0. The fourth-order valence-corrected chi connectivity index (χ4v) is 3.90. The van der Waals surface area contributed by atoms with Crippen molar-refractivity contribution in [1.29, 1.82) is 0 Å². The highest BCUT2D eigenvalue weighted by molar-refractivity contribution is 5.79. The number of aromatic nitrogens is 2. The summed E-state index contributed by atoms with van der Waals surface area (Å²) in [5, 5.41) is 2.72. The van der Waals surface area contributed by atoms with E-state index in [1.807, 2.05) is 4.90 Å². The third-order valence-electron chi connectivity index (χ3n) is 5.42. The Morgan fingerprint density at radius 1 is 1.31 bits per heavy atom. The number of amides is 2. The van der Waals surface area contributed by atoms with E-state index in [2.05, 4.69) is 15.3 Å². The number of primary amides is 1. The van der Waals surface area contributed by atoms with Gasteiger partial charge in [-0.2, -0.15) is 0 Å². The second-order valence-corrected chi connectivity index (χ2v) is 8.97. The molecule has 3 N–H and O–H groups in total. The average molecular weight is 448 g/mol. The van der Waals surface area contributed by atoms with Crippen LogP contribution in [0.5, 0.6) is 5.88 Å². The number of hydrogen-bond acceptors (Lipinski definition) is 7. The average Bonchev–Trinajstić information content (AvgIpc) is 3.13. The molecule has 0 unspecified atom stereocenters. The Morgan fingerprint density at radius 3 is 2.72 bits per heavy atom. The van der Waals surface area contributed by atoms with Gasteiger partial charge in [0, 0.05) is 43.7 Å². The van der Waals surface area contributed by atoms with Crippen LogP contribution in [-0.4, -0.2) is 65.8 Å². The van der Waals surface area contributed by atoms with Crippen molar-refractivity contribution in [3.63, 3.8) is 0 Å². The van der Waals surface area contributed by atoms with Crippen molar-refractivity contribution < 1.29 is 23.5 Å². The number of rotatable bonds is 7. The zero-order chi connectivity index (χ0) is 23.5. The number of carbonyl (C=O) groups excluding carboxylic acids is 2. The van der Waals surface area contributed by atoms with Crippen molar-refractivity contribution in [3.8, 4) is 5.88 Å². The number of halogens is 1. The molecule has 2 aromatic heterocycles. The molecule has 1 saturated heterocycles. The highest BCUT2D eigenvalue weighted by Crippen LogP contribution is 2.25. The predicted octanol–water partition coefficient (Wildman–Crippen LogP) is 1.88. The largest absolute Gasteiger partial charge is 0.481 e. The molecule has 9 nitrogen and oxygen atoms in total. The van der Waals surface area contributed by atoms with Crippen molar-refractivity contribution in [1.82, 2.24) is 20.2 Å². The van der Waals surface area contributed by atoms with E-state index < -0.39 is 29.3 Å². The standard InChI is InChI=1S/C22H30FN5O4/c1-22(2,3)32-21(30)26-9-13-11-28(12-15(13)20(24)29)8-7-14-16(23)10-25-17-5-6-18(31-4)27-19(14)17/h5-6,10,13,15H,7-9,11-12H2,1-4H3,(H2,24,29)(H,26,30)/t13-,15+/m0/s1. The fourth-order valence-electron chi connectivity index (χ4n) is 3.90. The highest BCUT2D eigenvalue weighted by atomic mass is 19.1. The summed E-state index contributed by atoms with van der Waals surface area (Å²) < 4.78 is 25.0. The molecule has 10 heteroatoms. The van der Waals surface area contributed by atoms with Gasteiger partial charge in [0.15, 0.2) is 0 Å². The molecule has 0 aliphatic carbocycles. The smallest absolute Gasteiger partial charge is 0.407 e. The first-order valence-corrected chi connectivity index (χ1v) is 10.5. The predicted molar refractivity (Wildman–Crippen MR) is 117 cm³/mol. The quantitative estimate of drug-likeness (QED) is 0.665. The first-order valence-electron chi connectivity index (χ1n) is 10.5. The van der Waals surface area contributed by atoms with Crippen LogP contribution in [-0.2, 0) is 16.0 Å². The molecule has 2 atom stereocenters. The molecule has 0 bridgehead atoms. The van der Waals surface area contributed by atoms with Gasteiger partial charge in [0.2, 0.25) is 11.8 Å². The van der Waals surface area contributed by atoms with E-state index in [-0.39, 0.29) is 12.5 Å². The van der Waals surface area contributed by atoms with Gasteiger partial charge in [-0.25, -0.2) is 14.2 Å². The Balaban J connectivity index is 1.66. The van der Waals surface area contributed by atoms with Gasteiger partial charge in [0.1, 0.15) is 11.4 Å². The van der Waals surface area contributed by atoms with Crippen LogP contribution in [0.4, 0.5) is 9.18 Å². The summed E-state index contributed by atoms with van der Waals surface area (Å²) in [4.78, 5) is 34.4. The van der Waals surface area contributed by atoms with Gasteiger partial charge in [-0.1, -0.05) is 0 Å². The van der Waals surface area contributed by atoms with E-state index in [1.54, 1.807) is 32.9 Å². The Bertz CT molecular complexity index is 994. The van der Waals surface area contributed by atoms with Gasteiger partial charge >= 0.3 is 6.09 Å². The summed E-state index contributed by atoms with van der Waals surface area (Å²) in [6.45, 7) is 7.10. The molecule has 174 valence electrons. The normalized spacial score (nSPS) is 19.2. The number of hydrogen-bond donors (Lipinski definition) is 2. The van der Waals surface area contributed by atoms with Crippen LogP contribution in [0.3, 0.4) is 0 Å². The maximum atomic E-state index is 14.6. The molecule has 32 heavy (non-hydrogen) atoms. The third kappa shape index (κ3) is 5.82. The van der Waals surface area contributed by atoms with Gasteiger partial charge < -0.3 is 25.4 Å². The number of ether oxygens (including phenoxy) is 2. The number of pyridine rings is 2. The van der Waals surface area contributed by atoms with Crippen molar-refractivity contribution in [2.24, 2.45) is 17.6 Å². The Hall–Kier alpha value is -3.01. The van der Waals surface area contributed by atoms with Crippen LogP contribution < -0.4 is 15.8 Å². The van der Waals surface area contributed by atoms with Crippen LogP contribution in [0.1, 0.15) is 26.3 Å². The zero-order valence-electron chi connectivity index (χ0n) is 18.9. The second-order valence-electron chi connectivity index (χ2n) is 8.97. The van der Waals surface area contributed by atoms with Crippen molar-refractivity contribution in [2.45, 2.75) is 32.8 Å². The van der Waals surface area contributed by atoms with Crippen LogP contribution in [0.15, 0.2) is 18.3 Å². The van der Waals surface area contributed by atoms with E-state index in [9.17, 15) is 14.0 Å². The van der Waals surface area contributed by atoms with E-state index in [0.717, 1.165) is 0 Å². The maximum absolute atomic E-state index is 14.6. The molecule has 2 aromatic rings. The van der Waals surface area contributed by atoms with E-state index in [1.165, 1.54) is 13.3 Å². The number of nitrogens with two attached hydrogens (primary N) is 1. The first kappa shape index (κ1) is 23.6. The van der Waals surface area contributed by atoms with E-state index in [4.69, 9.17) is 15.2 Å². The molecule has 0 saturated carbocycles. The van der Waals surface area contributed by atoms with Gasteiger partial charge in [-0.05, 0) is 33.3 Å². The molecule has 0 spiro atoms. The SMILES string of the molecule is COc1ccc2ncc(F)c(CCN3C[C@H](CNC(=O)OC(C)(C)C)[C@H](C(N)=O)C3)c2n1. The zero-order valence-corrected chi connectivity index (χ0v) is 18.9.